The number of hydrogen-bond donors (Lipinski definition) is 1. The van der Waals surface area contributed by atoms with Crippen LogP contribution in [0.25, 0.3) is 0 Å². The fraction of sp³-hybridized carbons (Fsp3) is 0.667. The van der Waals surface area contributed by atoms with Crippen LogP contribution in [0.3, 0.4) is 0 Å². The maximum absolute atomic E-state index is 7.97. The van der Waals surface area contributed by atoms with E-state index in [9.17, 15) is 0 Å². The standard InChI is InChI=1S/C3H7O.Ti/c1-3(2)4;/h4H,1-2H3;/q-1;. The normalized spacial score (nSPS) is 7.20. The van der Waals surface area contributed by atoms with Gasteiger partial charge in [-0.1, -0.05) is 0 Å². The van der Waals surface area contributed by atoms with Gasteiger partial charge >= 0.3 is 0 Å². The molecule has 5 heavy (non-hydrogen) atoms. The van der Waals surface area contributed by atoms with Gasteiger partial charge in [-0.25, -0.2) is 6.10 Å². The van der Waals surface area contributed by atoms with Crippen LogP contribution in [0, 0.1) is 6.10 Å². The maximum Gasteiger partial charge on any atom is 0 e. The zero-order valence-electron chi connectivity index (χ0n) is 3.45. The summed E-state index contributed by atoms with van der Waals surface area (Å²) in [5.74, 6) is 0. The summed E-state index contributed by atoms with van der Waals surface area (Å²) in [7, 11) is 0. The van der Waals surface area contributed by atoms with E-state index in [2.05, 4.69) is 0 Å². The van der Waals surface area contributed by atoms with E-state index >= 15 is 0 Å². The molecular formula is C3H7OTi-. The predicted molar refractivity (Wildman–Crippen MR) is 16.5 cm³/mol. The van der Waals surface area contributed by atoms with Gasteiger partial charge in [-0.3, -0.25) is 0 Å². The van der Waals surface area contributed by atoms with Crippen LogP contribution in [0.1, 0.15) is 13.8 Å². The average molecular weight is 107 g/mol. The molecule has 1 nitrogen and oxygen atoms in total. The first-order chi connectivity index (χ1) is 1.73. The molecule has 0 atom stereocenters. The Hall–Kier alpha value is 0.674. The van der Waals surface area contributed by atoms with Gasteiger partial charge in [0, 0.05) is 21.7 Å². The summed E-state index contributed by atoms with van der Waals surface area (Å²) < 4.78 is 0. The maximum atomic E-state index is 7.97. The van der Waals surface area contributed by atoms with E-state index in [4.69, 9.17) is 5.11 Å². The van der Waals surface area contributed by atoms with Gasteiger partial charge in [0.1, 0.15) is 0 Å². The number of rotatable bonds is 0. The summed E-state index contributed by atoms with van der Waals surface area (Å²) in [5.41, 5.74) is 0. The molecule has 0 saturated heterocycles. The van der Waals surface area contributed by atoms with Gasteiger partial charge in [0.2, 0.25) is 0 Å². The Morgan fingerprint density at radius 1 is 1.40 bits per heavy atom. The fourth-order valence-electron chi connectivity index (χ4n) is 0. The van der Waals surface area contributed by atoms with Crippen LogP contribution in [0.4, 0.5) is 0 Å². The van der Waals surface area contributed by atoms with Gasteiger partial charge < -0.3 is 5.11 Å². The minimum absolute atomic E-state index is 0. The van der Waals surface area contributed by atoms with E-state index in [1.807, 2.05) is 0 Å². The van der Waals surface area contributed by atoms with E-state index in [-0.39, 0.29) is 21.7 Å². The van der Waals surface area contributed by atoms with Gasteiger partial charge in [-0.2, -0.15) is 13.8 Å². The first-order valence-electron chi connectivity index (χ1n) is 1.22. The Bertz CT molecular complexity index is 11.6. The third-order valence-electron chi connectivity index (χ3n) is 0. The second kappa shape index (κ2) is 4.67. The number of aliphatic hydroxyl groups is 1. The smallest absolute Gasteiger partial charge is 0 e. The molecule has 30 valence electrons. The van der Waals surface area contributed by atoms with Gasteiger partial charge in [-0.15, -0.1) is 0 Å². The minimum atomic E-state index is 0. The topological polar surface area (TPSA) is 20.2 Å². The van der Waals surface area contributed by atoms with Crippen LogP contribution in [0.2, 0.25) is 0 Å². The van der Waals surface area contributed by atoms with Crippen LogP contribution < -0.4 is 0 Å². The monoisotopic (exact) mass is 107 g/mol. The van der Waals surface area contributed by atoms with Crippen LogP contribution >= 0.6 is 0 Å². The van der Waals surface area contributed by atoms with Crippen molar-refractivity contribution < 1.29 is 26.8 Å². The molecule has 0 spiro atoms. The Balaban J connectivity index is 0. The molecule has 0 fully saturated rings. The molecule has 0 aliphatic heterocycles. The molecule has 0 aromatic carbocycles. The van der Waals surface area contributed by atoms with Crippen molar-refractivity contribution in [2.24, 2.45) is 0 Å². The third-order valence-corrected chi connectivity index (χ3v) is 0. The Morgan fingerprint density at radius 2 is 1.40 bits per heavy atom. The number of hydrogen-bond acceptors (Lipinski definition) is 1. The molecule has 0 bridgehead atoms. The van der Waals surface area contributed by atoms with Crippen molar-refractivity contribution in [1.82, 2.24) is 0 Å². The molecule has 0 radical (unpaired) electrons. The summed E-state index contributed by atoms with van der Waals surface area (Å²) in [5, 5.41) is 7.97. The van der Waals surface area contributed by atoms with Crippen molar-refractivity contribution >= 4 is 0 Å². The Kier molecular flexibility index (Phi) is 8.59. The summed E-state index contributed by atoms with van der Waals surface area (Å²) >= 11 is 0. The van der Waals surface area contributed by atoms with E-state index in [1.165, 1.54) is 0 Å². The van der Waals surface area contributed by atoms with Crippen LogP contribution in [-0.2, 0) is 21.7 Å². The molecule has 0 rings (SSSR count). The second-order valence-electron chi connectivity index (χ2n) is 0.947. The van der Waals surface area contributed by atoms with Crippen molar-refractivity contribution in [3.05, 3.63) is 6.10 Å². The summed E-state index contributed by atoms with van der Waals surface area (Å²) in [6.45, 7) is 3.28. The summed E-state index contributed by atoms with van der Waals surface area (Å²) in [6, 6.07) is 0. The van der Waals surface area contributed by atoms with E-state index in [0.29, 0.717) is 6.10 Å². The van der Waals surface area contributed by atoms with Gasteiger partial charge in [0.05, 0.1) is 0 Å². The Labute approximate surface area is 47.3 Å². The quantitative estimate of drug-likeness (QED) is 0.360. The molecule has 0 amide bonds. The average Bonchev–Trinajstić information content (AvgIpc) is 0.811. The molecule has 0 aromatic heterocycles. The predicted octanol–water partition coefficient (Wildman–Crippen LogP) is 0.928. The van der Waals surface area contributed by atoms with Crippen LogP contribution in [0.15, 0.2) is 0 Å². The Morgan fingerprint density at radius 3 is 1.40 bits per heavy atom. The zero-order chi connectivity index (χ0) is 3.58. The molecule has 0 heterocycles. The van der Waals surface area contributed by atoms with Crippen molar-refractivity contribution in [1.29, 1.82) is 0 Å². The van der Waals surface area contributed by atoms with Crippen LogP contribution in [0.5, 0.6) is 0 Å². The molecular weight excluding hydrogens is 99.9 g/mol. The van der Waals surface area contributed by atoms with Crippen molar-refractivity contribution in [3.8, 4) is 0 Å². The minimum Gasteiger partial charge on any atom is -0.563 e. The third kappa shape index (κ3) is 73.5. The molecule has 0 aliphatic carbocycles. The zero-order valence-corrected chi connectivity index (χ0v) is 5.01. The van der Waals surface area contributed by atoms with Crippen molar-refractivity contribution in [2.45, 2.75) is 13.8 Å². The molecule has 0 aromatic rings. The molecule has 0 saturated carbocycles. The first kappa shape index (κ1) is 9.18. The largest absolute Gasteiger partial charge is 0.563 e. The molecule has 2 heteroatoms. The van der Waals surface area contributed by atoms with Crippen molar-refractivity contribution in [2.75, 3.05) is 0 Å². The SMILES string of the molecule is C[C-](C)O.[Ti]. The number of aliphatic hydroxyl groups excluding tert-OH is 1. The van der Waals surface area contributed by atoms with Gasteiger partial charge in [0.15, 0.2) is 0 Å². The van der Waals surface area contributed by atoms with Crippen LogP contribution in [-0.4, -0.2) is 5.11 Å². The van der Waals surface area contributed by atoms with E-state index in [0.717, 1.165) is 0 Å². The summed E-state index contributed by atoms with van der Waals surface area (Å²) in [4.78, 5) is 0. The van der Waals surface area contributed by atoms with Crippen molar-refractivity contribution in [3.63, 3.8) is 0 Å². The second-order valence-corrected chi connectivity index (χ2v) is 0.947. The van der Waals surface area contributed by atoms with E-state index < -0.39 is 0 Å². The van der Waals surface area contributed by atoms with Gasteiger partial charge in [-0.05, 0) is 0 Å². The fourth-order valence-corrected chi connectivity index (χ4v) is 0. The molecule has 0 unspecified atom stereocenters. The first-order valence-corrected chi connectivity index (χ1v) is 1.22. The molecule has 0 aliphatic rings. The summed E-state index contributed by atoms with van der Waals surface area (Å²) in [6.07, 6.45) is 0.417. The molecule has 1 N–H and O–H groups in total. The van der Waals surface area contributed by atoms with E-state index in [1.54, 1.807) is 13.8 Å². The van der Waals surface area contributed by atoms with Gasteiger partial charge in [0.25, 0.3) is 0 Å².